The molecule has 0 saturated heterocycles. The maximum absolute atomic E-state index is 13.1. The van der Waals surface area contributed by atoms with Gasteiger partial charge in [-0.3, -0.25) is 9.59 Å². The van der Waals surface area contributed by atoms with Crippen molar-refractivity contribution in [2.75, 3.05) is 6.54 Å². The second-order valence-electron chi connectivity index (χ2n) is 7.99. The minimum absolute atomic E-state index is 0.0423. The minimum Gasteiger partial charge on any atom is -0.354 e. The number of amides is 2. The molecule has 0 heterocycles. The van der Waals surface area contributed by atoms with Crippen LogP contribution in [-0.4, -0.2) is 29.3 Å². The Morgan fingerprint density at radius 2 is 1.50 bits per heavy atom. The summed E-state index contributed by atoms with van der Waals surface area (Å²) in [5.41, 5.74) is 4.26. The first-order valence-corrected chi connectivity index (χ1v) is 9.94. The van der Waals surface area contributed by atoms with E-state index >= 15 is 0 Å². The van der Waals surface area contributed by atoms with Gasteiger partial charge >= 0.3 is 0 Å². The lowest BCUT2D eigenvalue weighted by Gasteiger charge is -2.29. The van der Waals surface area contributed by atoms with E-state index in [2.05, 4.69) is 25.2 Å². The molecule has 2 aromatic rings. The van der Waals surface area contributed by atoms with Gasteiger partial charge in [0.05, 0.1) is 6.42 Å². The molecule has 0 spiro atoms. The summed E-state index contributed by atoms with van der Waals surface area (Å²) < 4.78 is 0. The van der Waals surface area contributed by atoms with Crippen molar-refractivity contribution in [2.45, 2.75) is 53.6 Å². The Balaban J connectivity index is 2.21. The molecule has 0 aliphatic carbocycles. The van der Waals surface area contributed by atoms with Crippen molar-refractivity contribution in [1.82, 2.24) is 10.2 Å². The molecule has 2 rings (SSSR count). The molecule has 1 unspecified atom stereocenters. The summed E-state index contributed by atoms with van der Waals surface area (Å²) in [4.78, 5) is 27.5. The second-order valence-corrected chi connectivity index (χ2v) is 7.99. The molecular weight excluding hydrogens is 348 g/mol. The summed E-state index contributed by atoms with van der Waals surface area (Å²) in [6.45, 7) is 11.0. The van der Waals surface area contributed by atoms with Crippen LogP contribution in [-0.2, 0) is 22.6 Å². The van der Waals surface area contributed by atoms with Gasteiger partial charge in [0.2, 0.25) is 11.8 Å². The third-order valence-corrected chi connectivity index (χ3v) is 4.73. The molecule has 150 valence electrons. The van der Waals surface area contributed by atoms with E-state index < -0.39 is 6.04 Å². The maximum atomic E-state index is 13.1. The van der Waals surface area contributed by atoms with E-state index in [-0.39, 0.29) is 18.2 Å². The Morgan fingerprint density at radius 1 is 0.929 bits per heavy atom. The zero-order valence-corrected chi connectivity index (χ0v) is 17.7. The number of nitrogens with one attached hydrogen (secondary N) is 1. The average Bonchev–Trinajstić information content (AvgIpc) is 2.63. The van der Waals surface area contributed by atoms with E-state index in [4.69, 9.17) is 0 Å². The Hall–Kier alpha value is -2.62. The molecule has 4 nitrogen and oxygen atoms in total. The Bertz CT molecular complexity index is 814. The highest BCUT2D eigenvalue weighted by Gasteiger charge is 2.26. The van der Waals surface area contributed by atoms with Gasteiger partial charge in [-0.15, -0.1) is 0 Å². The van der Waals surface area contributed by atoms with Crippen molar-refractivity contribution < 1.29 is 9.59 Å². The standard InChI is InChI=1S/C24H32N2O2/c1-17(2)15-25-24(28)20(5)26(16-22-11-7-9-19(4)13-22)23(27)14-21-10-6-8-18(3)12-21/h6-13,17,20H,14-16H2,1-5H3,(H,25,28). The number of carbonyl (C=O) groups is 2. The highest BCUT2D eigenvalue weighted by Crippen LogP contribution is 2.14. The van der Waals surface area contributed by atoms with E-state index in [1.165, 1.54) is 0 Å². The van der Waals surface area contributed by atoms with Gasteiger partial charge in [-0.25, -0.2) is 0 Å². The molecular formula is C24H32N2O2. The van der Waals surface area contributed by atoms with Crippen molar-refractivity contribution >= 4 is 11.8 Å². The zero-order valence-electron chi connectivity index (χ0n) is 17.7. The molecule has 0 bridgehead atoms. The molecule has 0 radical (unpaired) electrons. The first kappa shape index (κ1) is 21.7. The van der Waals surface area contributed by atoms with Gasteiger partial charge in [-0.2, -0.15) is 0 Å². The third-order valence-electron chi connectivity index (χ3n) is 4.73. The number of benzene rings is 2. The van der Waals surface area contributed by atoms with Gasteiger partial charge in [0, 0.05) is 13.1 Å². The lowest BCUT2D eigenvalue weighted by molar-refractivity contribution is -0.140. The largest absolute Gasteiger partial charge is 0.354 e. The van der Waals surface area contributed by atoms with Crippen molar-refractivity contribution in [1.29, 1.82) is 0 Å². The highest BCUT2D eigenvalue weighted by atomic mass is 16.2. The normalized spacial score (nSPS) is 11.9. The van der Waals surface area contributed by atoms with Crippen LogP contribution in [0.1, 0.15) is 43.0 Å². The van der Waals surface area contributed by atoms with Crippen LogP contribution in [0, 0.1) is 19.8 Å². The monoisotopic (exact) mass is 380 g/mol. The molecule has 0 aliphatic rings. The van der Waals surface area contributed by atoms with Crippen molar-refractivity contribution in [3.05, 3.63) is 70.8 Å². The van der Waals surface area contributed by atoms with Crippen LogP contribution in [0.15, 0.2) is 48.5 Å². The molecule has 0 fully saturated rings. The van der Waals surface area contributed by atoms with Gasteiger partial charge in [0.15, 0.2) is 0 Å². The molecule has 0 aromatic heterocycles. The summed E-state index contributed by atoms with van der Waals surface area (Å²) >= 11 is 0. The van der Waals surface area contributed by atoms with Crippen LogP contribution in [0.3, 0.4) is 0 Å². The fourth-order valence-electron chi connectivity index (χ4n) is 3.14. The molecule has 4 heteroatoms. The molecule has 1 N–H and O–H groups in total. The summed E-state index contributed by atoms with van der Waals surface area (Å²) in [5.74, 6) is 0.211. The topological polar surface area (TPSA) is 49.4 Å². The van der Waals surface area contributed by atoms with E-state index in [1.54, 1.807) is 11.8 Å². The first-order chi connectivity index (χ1) is 13.3. The predicted molar refractivity (Wildman–Crippen MR) is 114 cm³/mol. The van der Waals surface area contributed by atoms with E-state index in [0.717, 1.165) is 22.3 Å². The lowest BCUT2D eigenvalue weighted by Crippen LogP contribution is -2.48. The first-order valence-electron chi connectivity index (χ1n) is 9.94. The van der Waals surface area contributed by atoms with Gasteiger partial charge < -0.3 is 10.2 Å². The smallest absolute Gasteiger partial charge is 0.242 e. The number of nitrogens with zero attached hydrogens (tertiary/aromatic N) is 1. The fraction of sp³-hybridized carbons (Fsp3) is 0.417. The van der Waals surface area contributed by atoms with Crippen LogP contribution in [0.5, 0.6) is 0 Å². The van der Waals surface area contributed by atoms with Gasteiger partial charge in [-0.1, -0.05) is 73.5 Å². The van der Waals surface area contributed by atoms with E-state index in [1.807, 2.05) is 56.3 Å². The minimum atomic E-state index is -0.531. The lowest BCUT2D eigenvalue weighted by atomic mass is 10.1. The Labute approximate surface area is 169 Å². The number of hydrogen-bond donors (Lipinski definition) is 1. The SMILES string of the molecule is Cc1cccc(CC(=O)N(Cc2cccc(C)c2)C(C)C(=O)NCC(C)C)c1. The van der Waals surface area contributed by atoms with Crippen LogP contribution < -0.4 is 5.32 Å². The van der Waals surface area contributed by atoms with E-state index in [0.29, 0.717) is 19.0 Å². The highest BCUT2D eigenvalue weighted by molar-refractivity contribution is 5.88. The van der Waals surface area contributed by atoms with Crippen molar-refractivity contribution in [2.24, 2.45) is 5.92 Å². The maximum Gasteiger partial charge on any atom is 0.242 e. The number of rotatable bonds is 8. The molecule has 0 aliphatic heterocycles. The molecule has 2 amide bonds. The van der Waals surface area contributed by atoms with Crippen molar-refractivity contribution in [3.63, 3.8) is 0 Å². The zero-order chi connectivity index (χ0) is 20.7. The predicted octanol–water partition coefficient (Wildman–Crippen LogP) is 4.04. The molecule has 2 aromatic carbocycles. The summed E-state index contributed by atoms with van der Waals surface area (Å²) in [6.07, 6.45) is 0.287. The van der Waals surface area contributed by atoms with Crippen LogP contribution >= 0.6 is 0 Å². The van der Waals surface area contributed by atoms with Crippen LogP contribution in [0.4, 0.5) is 0 Å². The molecule has 0 saturated carbocycles. The average molecular weight is 381 g/mol. The number of hydrogen-bond acceptors (Lipinski definition) is 2. The van der Waals surface area contributed by atoms with Gasteiger partial charge in [0.25, 0.3) is 0 Å². The number of carbonyl (C=O) groups excluding carboxylic acids is 2. The Morgan fingerprint density at radius 3 is 2.07 bits per heavy atom. The summed E-state index contributed by atoms with van der Waals surface area (Å²) in [5, 5.41) is 2.95. The quantitative estimate of drug-likeness (QED) is 0.751. The summed E-state index contributed by atoms with van der Waals surface area (Å²) in [6, 6.07) is 15.5. The number of aryl methyl sites for hydroxylation is 2. The second kappa shape index (κ2) is 10.1. The van der Waals surface area contributed by atoms with Crippen LogP contribution in [0.2, 0.25) is 0 Å². The molecule has 28 heavy (non-hydrogen) atoms. The molecule has 1 atom stereocenters. The van der Waals surface area contributed by atoms with Gasteiger partial charge in [-0.05, 0) is 37.8 Å². The van der Waals surface area contributed by atoms with Gasteiger partial charge in [0.1, 0.15) is 6.04 Å². The Kier molecular flexibility index (Phi) is 7.80. The van der Waals surface area contributed by atoms with Crippen LogP contribution in [0.25, 0.3) is 0 Å². The summed E-state index contributed by atoms with van der Waals surface area (Å²) in [7, 11) is 0. The third kappa shape index (κ3) is 6.52. The fourth-order valence-corrected chi connectivity index (χ4v) is 3.14. The van der Waals surface area contributed by atoms with E-state index in [9.17, 15) is 9.59 Å². The van der Waals surface area contributed by atoms with Crippen molar-refractivity contribution in [3.8, 4) is 0 Å².